The Labute approximate surface area is 183 Å². The molecule has 3 aliphatic rings. The maximum Gasteiger partial charge on any atom is 0.410 e. The minimum absolute atomic E-state index is 0.0998. The van der Waals surface area contributed by atoms with Crippen LogP contribution in [0.3, 0.4) is 0 Å². The number of hydrogen-bond acceptors (Lipinski definition) is 7. The first-order chi connectivity index (χ1) is 15.1. The van der Waals surface area contributed by atoms with Crippen LogP contribution in [-0.4, -0.2) is 84.2 Å². The van der Waals surface area contributed by atoms with Crippen molar-refractivity contribution in [2.24, 2.45) is 4.99 Å². The highest BCUT2D eigenvalue weighted by atomic mass is 16.6. The molecule has 0 unspecified atom stereocenters. The van der Waals surface area contributed by atoms with Gasteiger partial charge in [-0.2, -0.15) is 0 Å². The summed E-state index contributed by atoms with van der Waals surface area (Å²) in [5, 5.41) is 0. The molecule has 0 aliphatic carbocycles. The van der Waals surface area contributed by atoms with Crippen LogP contribution in [0.2, 0.25) is 0 Å². The number of hydrogen-bond donors (Lipinski definition) is 0. The van der Waals surface area contributed by atoms with E-state index in [0.717, 1.165) is 34.9 Å². The third kappa shape index (κ3) is 4.49. The molecule has 0 N–H and O–H groups in total. The van der Waals surface area contributed by atoms with Crippen molar-refractivity contribution >= 4 is 17.5 Å². The van der Waals surface area contributed by atoms with Crippen LogP contribution in [0.4, 0.5) is 4.79 Å². The Kier molecular flexibility index (Phi) is 6.36. The summed E-state index contributed by atoms with van der Waals surface area (Å²) < 4.78 is 10.5. The van der Waals surface area contributed by atoms with Gasteiger partial charge in [-0.15, -0.1) is 0 Å². The van der Waals surface area contributed by atoms with Crippen molar-refractivity contribution in [1.82, 2.24) is 19.7 Å². The number of carbonyl (C=O) groups excluding carboxylic acids is 1. The molecule has 1 aromatic heterocycles. The predicted molar refractivity (Wildman–Crippen MR) is 119 cm³/mol. The van der Waals surface area contributed by atoms with Gasteiger partial charge in [0.25, 0.3) is 0 Å². The van der Waals surface area contributed by atoms with Crippen LogP contribution in [-0.2, 0) is 15.9 Å². The van der Waals surface area contributed by atoms with Gasteiger partial charge in [-0.05, 0) is 18.6 Å². The van der Waals surface area contributed by atoms with E-state index in [2.05, 4.69) is 29.5 Å². The first-order valence-corrected chi connectivity index (χ1v) is 10.7. The smallest absolute Gasteiger partial charge is 0.410 e. The second-order valence-electron chi connectivity index (χ2n) is 7.71. The molecule has 1 amide bonds. The molecule has 0 bridgehead atoms. The largest absolute Gasteiger partial charge is 0.441 e. The number of aliphatic imine (C=N–C) groups is 1. The number of rotatable bonds is 4. The number of allylic oxidation sites excluding steroid dienone is 2. The second kappa shape index (κ2) is 9.34. The van der Waals surface area contributed by atoms with Crippen molar-refractivity contribution in [3.8, 4) is 0 Å². The molecule has 1 aromatic rings. The molecule has 0 atom stereocenters. The number of amidine groups is 1. The molecule has 8 heteroatoms. The standard InChI is InChI=1S/C23H29N5O3/c1-4-18(19-7-6-9-24-20(19)5-2)22-25-21(8-10-26(22)3)27-11-13-28(14-12-27)23(29)31-17-15-30-16-17/h4,6-10,17H,1,5,11-16H2,2-3H3/b22-18+. The number of aromatic nitrogens is 1. The quantitative estimate of drug-likeness (QED) is 0.741. The molecule has 164 valence electrons. The van der Waals surface area contributed by atoms with E-state index in [-0.39, 0.29) is 12.2 Å². The molecule has 4 heterocycles. The highest BCUT2D eigenvalue weighted by molar-refractivity contribution is 5.96. The Morgan fingerprint density at radius 3 is 2.74 bits per heavy atom. The van der Waals surface area contributed by atoms with Crippen molar-refractivity contribution in [2.75, 3.05) is 46.4 Å². The fourth-order valence-electron chi connectivity index (χ4n) is 3.80. The molecule has 4 rings (SSSR count). The lowest BCUT2D eigenvalue weighted by Crippen LogP contribution is -2.52. The highest BCUT2D eigenvalue weighted by Crippen LogP contribution is 2.27. The van der Waals surface area contributed by atoms with Crippen LogP contribution in [0, 0.1) is 0 Å². The molecule has 31 heavy (non-hydrogen) atoms. The van der Waals surface area contributed by atoms with Crippen molar-refractivity contribution < 1.29 is 14.3 Å². The van der Waals surface area contributed by atoms with Crippen LogP contribution in [0.5, 0.6) is 0 Å². The first kappa shape index (κ1) is 21.1. The number of carbonyl (C=O) groups is 1. The molecule has 2 fully saturated rings. The van der Waals surface area contributed by atoms with Gasteiger partial charge in [0, 0.05) is 62.5 Å². The summed E-state index contributed by atoms with van der Waals surface area (Å²) in [4.78, 5) is 27.7. The van der Waals surface area contributed by atoms with Crippen LogP contribution >= 0.6 is 0 Å². The summed E-state index contributed by atoms with van der Waals surface area (Å²) in [6.07, 6.45) is 8.16. The summed E-state index contributed by atoms with van der Waals surface area (Å²) in [7, 11) is 1.98. The first-order valence-electron chi connectivity index (χ1n) is 10.7. The van der Waals surface area contributed by atoms with E-state index < -0.39 is 0 Å². The van der Waals surface area contributed by atoms with Gasteiger partial charge in [0.2, 0.25) is 0 Å². The molecular formula is C23H29N5O3. The van der Waals surface area contributed by atoms with Crippen LogP contribution < -0.4 is 0 Å². The summed E-state index contributed by atoms with van der Waals surface area (Å²) in [5.74, 6) is 1.72. The molecule has 0 saturated carbocycles. The van der Waals surface area contributed by atoms with Crippen molar-refractivity contribution in [1.29, 1.82) is 0 Å². The van der Waals surface area contributed by atoms with Crippen LogP contribution in [0.15, 0.2) is 54.1 Å². The normalized spacial score (nSPS) is 20.8. The van der Waals surface area contributed by atoms with E-state index in [1.165, 1.54) is 0 Å². The summed E-state index contributed by atoms with van der Waals surface area (Å²) >= 11 is 0. The zero-order chi connectivity index (χ0) is 21.8. The molecular weight excluding hydrogens is 394 g/mol. The second-order valence-corrected chi connectivity index (χ2v) is 7.71. The van der Waals surface area contributed by atoms with E-state index in [1.807, 2.05) is 42.6 Å². The third-order valence-electron chi connectivity index (χ3n) is 5.70. The molecule has 3 aliphatic heterocycles. The van der Waals surface area contributed by atoms with Crippen LogP contribution in [0.1, 0.15) is 18.2 Å². The Bertz CT molecular complexity index is 927. The lowest BCUT2D eigenvalue weighted by Gasteiger charge is -2.37. The third-order valence-corrected chi connectivity index (χ3v) is 5.70. The Morgan fingerprint density at radius 1 is 1.32 bits per heavy atom. The number of aryl methyl sites for hydroxylation is 1. The molecule has 0 radical (unpaired) electrons. The number of nitrogens with zero attached hydrogens (tertiary/aromatic N) is 5. The van der Waals surface area contributed by atoms with Gasteiger partial charge in [-0.3, -0.25) is 4.98 Å². The average Bonchev–Trinajstić information content (AvgIpc) is 2.78. The number of amides is 1. The van der Waals surface area contributed by atoms with E-state index in [0.29, 0.717) is 39.4 Å². The fraction of sp³-hybridized carbons (Fsp3) is 0.435. The fourth-order valence-corrected chi connectivity index (χ4v) is 3.80. The zero-order valence-corrected chi connectivity index (χ0v) is 18.2. The lowest BCUT2D eigenvalue weighted by atomic mass is 10.0. The Balaban J connectivity index is 1.51. The van der Waals surface area contributed by atoms with Gasteiger partial charge in [0.15, 0.2) is 6.10 Å². The molecule has 0 aromatic carbocycles. The SMILES string of the molecule is C=C/C(=C1/N=C(N2CCN(C(=O)OC3COC3)CC2)C=CN1C)c1cccnc1CC. The maximum atomic E-state index is 12.3. The maximum absolute atomic E-state index is 12.3. The van der Waals surface area contributed by atoms with Crippen molar-refractivity contribution in [3.05, 3.63) is 60.3 Å². The number of pyridine rings is 1. The van der Waals surface area contributed by atoms with Gasteiger partial charge in [0.1, 0.15) is 11.7 Å². The number of ether oxygens (including phenoxy) is 2. The summed E-state index contributed by atoms with van der Waals surface area (Å²) in [6, 6.07) is 4.00. The Morgan fingerprint density at radius 2 is 2.10 bits per heavy atom. The van der Waals surface area contributed by atoms with E-state index in [9.17, 15) is 4.79 Å². The van der Waals surface area contributed by atoms with E-state index >= 15 is 0 Å². The van der Waals surface area contributed by atoms with E-state index in [1.54, 1.807) is 4.90 Å². The minimum atomic E-state index is -0.257. The summed E-state index contributed by atoms with van der Waals surface area (Å²) in [6.45, 7) is 9.74. The molecule has 0 spiro atoms. The minimum Gasteiger partial charge on any atom is -0.441 e. The van der Waals surface area contributed by atoms with Crippen molar-refractivity contribution in [2.45, 2.75) is 19.4 Å². The summed E-state index contributed by atoms with van der Waals surface area (Å²) in [5.41, 5.74) is 3.03. The van der Waals surface area contributed by atoms with Gasteiger partial charge in [-0.25, -0.2) is 9.79 Å². The van der Waals surface area contributed by atoms with Gasteiger partial charge >= 0.3 is 6.09 Å². The van der Waals surface area contributed by atoms with Crippen LogP contribution in [0.25, 0.3) is 5.57 Å². The lowest BCUT2D eigenvalue weighted by molar-refractivity contribution is -0.105. The number of piperazine rings is 1. The van der Waals surface area contributed by atoms with Crippen molar-refractivity contribution in [3.63, 3.8) is 0 Å². The molecule has 2 saturated heterocycles. The molecule has 8 nitrogen and oxygen atoms in total. The predicted octanol–water partition coefficient (Wildman–Crippen LogP) is 2.51. The Hall–Kier alpha value is -3.13. The highest BCUT2D eigenvalue weighted by Gasteiger charge is 2.29. The topological polar surface area (TPSA) is 70.5 Å². The average molecular weight is 424 g/mol. The monoisotopic (exact) mass is 423 g/mol. The van der Waals surface area contributed by atoms with E-state index in [4.69, 9.17) is 14.5 Å². The van der Waals surface area contributed by atoms with Gasteiger partial charge in [0.05, 0.1) is 13.2 Å². The zero-order valence-electron chi connectivity index (χ0n) is 18.2. The van der Waals surface area contributed by atoms with Gasteiger partial charge < -0.3 is 24.2 Å². The van der Waals surface area contributed by atoms with Gasteiger partial charge in [-0.1, -0.05) is 25.6 Å².